The molecular weight excluding hydrogens is 869 g/mol. The smallest absolute Gasteiger partial charge is 0.266 e. The highest BCUT2D eigenvalue weighted by atomic mass is 16.5. The first-order chi connectivity index (χ1) is 33.7. The third-order valence-corrected chi connectivity index (χ3v) is 13.2. The van der Waals surface area contributed by atoms with E-state index in [4.69, 9.17) is 9.72 Å². The number of pyridine rings is 1. The number of nitrogens with one attached hydrogen (secondary N) is 1. The van der Waals surface area contributed by atoms with E-state index in [1.54, 1.807) is 24.4 Å². The summed E-state index contributed by atoms with van der Waals surface area (Å²) in [6.45, 7) is 6.86. The fraction of sp³-hybridized carbons (Fsp3) is 0.273. The van der Waals surface area contributed by atoms with Gasteiger partial charge in [-0.3, -0.25) is 44.1 Å². The number of piperazine rings is 1. The standard InChI is InChI=1S/C55H50N8O6/c64-49-23-22-47(52(65)59-49)63-54(67)44-9-5-11-48(50(44)55(63)68)69-32-4-3-25-60-28-30-61(31-29-60)26-6-7-37-12-14-38(15-13-37)16-17-39-18-20-40(21-19-39)53(66)62-27-24-42-34-57-51(58-46(42)36-62)43-33-41-8-1-2-10-45(41)56-35-43/h1-2,5,8-21,33-35,47H,3-4,22-32,36H2,(H,59,64,65)/b17-16+. The summed E-state index contributed by atoms with van der Waals surface area (Å²) in [6, 6.07) is 29.8. The minimum Gasteiger partial charge on any atom is -0.493 e. The van der Waals surface area contributed by atoms with E-state index in [0.717, 1.165) is 94.9 Å². The second-order valence-corrected chi connectivity index (χ2v) is 17.7. The Morgan fingerprint density at radius 1 is 0.783 bits per heavy atom. The van der Waals surface area contributed by atoms with Gasteiger partial charge in [-0.15, -0.1) is 0 Å². The number of imide groups is 2. The van der Waals surface area contributed by atoms with E-state index in [1.165, 1.54) is 0 Å². The monoisotopic (exact) mass is 918 g/mol. The molecule has 5 amide bonds. The Labute approximate surface area is 400 Å². The first kappa shape index (κ1) is 44.9. The molecule has 4 aromatic carbocycles. The minimum atomic E-state index is -1.01. The summed E-state index contributed by atoms with van der Waals surface area (Å²) in [5.41, 5.74) is 7.77. The van der Waals surface area contributed by atoms with E-state index in [1.807, 2.05) is 77.8 Å². The van der Waals surface area contributed by atoms with Crippen molar-refractivity contribution in [1.29, 1.82) is 0 Å². The molecule has 4 aliphatic rings. The van der Waals surface area contributed by atoms with Crippen LogP contribution in [-0.4, -0.2) is 123 Å². The molecule has 2 saturated heterocycles. The van der Waals surface area contributed by atoms with Gasteiger partial charge in [0.05, 0.1) is 42.0 Å². The molecule has 6 aromatic rings. The van der Waals surface area contributed by atoms with E-state index in [9.17, 15) is 24.0 Å². The zero-order valence-corrected chi connectivity index (χ0v) is 38.1. The summed E-state index contributed by atoms with van der Waals surface area (Å²) < 4.78 is 6.01. The SMILES string of the molecule is O=C1CCC(N2C(=O)c3cccc(OCCCCN4CCN(CC#Cc5ccc(/C=C/c6ccc(C(=O)N7CCc8cnc(-c9cnc%10ccccc%10c9)nc8C7)cc6)cc5)CC4)c3C2=O)C(=O)N1. The van der Waals surface area contributed by atoms with Crippen LogP contribution in [0.5, 0.6) is 5.75 Å². The topological polar surface area (TPSA) is 158 Å². The molecule has 10 rings (SSSR count). The average molecular weight is 919 g/mol. The highest BCUT2D eigenvalue weighted by Gasteiger charge is 2.46. The summed E-state index contributed by atoms with van der Waals surface area (Å²) in [7, 11) is 0. The molecule has 14 nitrogen and oxygen atoms in total. The van der Waals surface area contributed by atoms with Crippen molar-refractivity contribution in [3.8, 4) is 29.0 Å². The average Bonchev–Trinajstić information content (AvgIpc) is 3.64. The number of nitrogens with zero attached hydrogens (tertiary/aromatic N) is 7. The van der Waals surface area contributed by atoms with E-state index >= 15 is 0 Å². The molecule has 14 heteroatoms. The maximum atomic E-state index is 13.6. The Kier molecular flexibility index (Phi) is 13.1. The molecule has 0 aliphatic carbocycles. The number of hydrogen-bond donors (Lipinski definition) is 1. The predicted octanol–water partition coefficient (Wildman–Crippen LogP) is 6.29. The normalized spacial score (nSPS) is 17.4. The van der Waals surface area contributed by atoms with Gasteiger partial charge in [0.2, 0.25) is 11.8 Å². The number of aromatic nitrogens is 3. The van der Waals surface area contributed by atoms with Gasteiger partial charge in [0.15, 0.2) is 5.82 Å². The van der Waals surface area contributed by atoms with Crippen LogP contribution in [0.15, 0.2) is 109 Å². The van der Waals surface area contributed by atoms with Gasteiger partial charge in [-0.1, -0.05) is 72.5 Å². The third kappa shape index (κ3) is 10.1. The molecule has 1 atom stereocenters. The van der Waals surface area contributed by atoms with E-state index in [0.29, 0.717) is 49.8 Å². The van der Waals surface area contributed by atoms with Gasteiger partial charge in [-0.25, -0.2) is 9.97 Å². The second-order valence-electron chi connectivity index (χ2n) is 17.7. The van der Waals surface area contributed by atoms with Crippen molar-refractivity contribution in [2.75, 3.05) is 52.4 Å². The van der Waals surface area contributed by atoms with Crippen molar-refractivity contribution >= 4 is 52.6 Å². The van der Waals surface area contributed by atoms with Gasteiger partial charge in [-0.2, -0.15) is 0 Å². The van der Waals surface area contributed by atoms with Crippen LogP contribution in [0.2, 0.25) is 0 Å². The maximum Gasteiger partial charge on any atom is 0.266 e. The van der Waals surface area contributed by atoms with Crippen LogP contribution in [0, 0.1) is 11.8 Å². The fourth-order valence-electron chi connectivity index (χ4n) is 9.25. The number of para-hydroxylation sites is 1. The summed E-state index contributed by atoms with van der Waals surface area (Å²) >= 11 is 0. The molecular formula is C55H50N8O6. The molecule has 0 bridgehead atoms. The Morgan fingerprint density at radius 3 is 2.35 bits per heavy atom. The van der Waals surface area contributed by atoms with Crippen molar-refractivity contribution in [3.05, 3.63) is 154 Å². The van der Waals surface area contributed by atoms with Crippen LogP contribution in [0.25, 0.3) is 34.4 Å². The van der Waals surface area contributed by atoms with Gasteiger partial charge in [0, 0.05) is 73.6 Å². The van der Waals surface area contributed by atoms with Gasteiger partial charge in [0.25, 0.3) is 17.7 Å². The molecule has 346 valence electrons. The Hall–Kier alpha value is -7.86. The van der Waals surface area contributed by atoms with Gasteiger partial charge in [0.1, 0.15) is 11.8 Å². The largest absolute Gasteiger partial charge is 0.493 e. The highest BCUT2D eigenvalue weighted by Crippen LogP contribution is 2.34. The Bertz CT molecular complexity index is 3060. The van der Waals surface area contributed by atoms with Crippen molar-refractivity contribution < 1.29 is 28.7 Å². The van der Waals surface area contributed by atoms with Gasteiger partial charge < -0.3 is 14.5 Å². The number of fused-ring (bicyclic) bond motifs is 3. The molecule has 69 heavy (non-hydrogen) atoms. The number of rotatable bonds is 12. The zero-order chi connectivity index (χ0) is 47.3. The molecule has 2 fully saturated rings. The molecule has 0 radical (unpaired) electrons. The lowest BCUT2D eigenvalue weighted by molar-refractivity contribution is -0.136. The molecule has 0 saturated carbocycles. The first-order valence-corrected chi connectivity index (χ1v) is 23.5. The third-order valence-electron chi connectivity index (χ3n) is 13.2. The number of hydrogen-bond acceptors (Lipinski definition) is 11. The summed E-state index contributed by atoms with van der Waals surface area (Å²) in [4.78, 5) is 85.8. The lowest BCUT2D eigenvalue weighted by Crippen LogP contribution is -2.54. The number of piperidine rings is 1. The maximum absolute atomic E-state index is 13.6. The summed E-state index contributed by atoms with van der Waals surface area (Å²) in [5.74, 6) is 5.44. The first-order valence-electron chi connectivity index (χ1n) is 23.5. The van der Waals surface area contributed by atoms with Crippen LogP contribution in [0.3, 0.4) is 0 Å². The highest BCUT2D eigenvalue weighted by molar-refractivity contribution is 6.24. The quantitative estimate of drug-likeness (QED) is 0.0637. The molecule has 6 heterocycles. The van der Waals surface area contributed by atoms with Gasteiger partial charge in [-0.05, 0) is 97.4 Å². The lowest BCUT2D eigenvalue weighted by atomic mass is 10.0. The van der Waals surface area contributed by atoms with E-state index in [2.05, 4.69) is 61.2 Å². The second kappa shape index (κ2) is 20.2. The Balaban J connectivity index is 0.634. The van der Waals surface area contributed by atoms with Crippen molar-refractivity contribution in [1.82, 2.24) is 39.9 Å². The van der Waals surface area contributed by atoms with E-state index < -0.39 is 29.7 Å². The fourth-order valence-corrected chi connectivity index (χ4v) is 9.25. The molecule has 1 N–H and O–H groups in total. The van der Waals surface area contributed by atoms with Crippen molar-refractivity contribution in [2.45, 2.75) is 44.7 Å². The predicted molar refractivity (Wildman–Crippen MR) is 261 cm³/mol. The minimum absolute atomic E-state index is 0.0162. The molecule has 2 aromatic heterocycles. The van der Waals surface area contributed by atoms with Crippen molar-refractivity contribution in [3.63, 3.8) is 0 Å². The van der Waals surface area contributed by atoms with Crippen LogP contribution < -0.4 is 10.1 Å². The summed E-state index contributed by atoms with van der Waals surface area (Å²) in [5, 5.41) is 3.26. The van der Waals surface area contributed by atoms with Crippen LogP contribution in [-0.2, 0) is 22.6 Å². The van der Waals surface area contributed by atoms with Crippen LogP contribution in [0.1, 0.15) is 84.7 Å². The molecule has 0 spiro atoms. The zero-order valence-electron chi connectivity index (χ0n) is 38.1. The van der Waals surface area contributed by atoms with Gasteiger partial charge >= 0.3 is 0 Å². The van der Waals surface area contributed by atoms with E-state index in [-0.39, 0.29) is 29.9 Å². The number of benzene rings is 4. The number of ether oxygens (including phenoxy) is 1. The van der Waals surface area contributed by atoms with Crippen molar-refractivity contribution in [2.24, 2.45) is 0 Å². The molecule has 1 unspecified atom stereocenters. The number of carbonyl (C=O) groups excluding carboxylic acids is 5. The van der Waals surface area contributed by atoms with Crippen LogP contribution >= 0.6 is 0 Å². The molecule has 4 aliphatic heterocycles. The number of amides is 5. The number of carbonyl (C=O) groups is 5. The number of unbranched alkanes of at least 4 members (excludes halogenated alkanes) is 1. The van der Waals surface area contributed by atoms with Crippen LogP contribution in [0.4, 0.5) is 0 Å². The summed E-state index contributed by atoms with van der Waals surface area (Å²) in [6.07, 6.45) is 10.4. The Morgan fingerprint density at radius 2 is 1.55 bits per heavy atom. The lowest BCUT2D eigenvalue weighted by Gasteiger charge is -2.33.